The van der Waals surface area contributed by atoms with Crippen molar-refractivity contribution in [2.75, 3.05) is 32.8 Å². The van der Waals surface area contributed by atoms with Crippen LogP contribution in [0.3, 0.4) is 0 Å². The van der Waals surface area contributed by atoms with Crippen molar-refractivity contribution in [3.63, 3.8) is 0 Å². The van der Waals surface area contributed by atoms with E-state index in [0.717, 1.165) is 40.1 Å². The van der Waals surface area contributed by atoms with Crippen molar-refractivity contribution in [3.8, 4) is 11.3 Å². The minimum Gasteiger partial charge on any atom is -0.455 e. The zero-order chi connectivity index (χ0) is 22.9. The van der Waals surface area contributed by atoms with E-state index >= 15 is 0 Å². The number of halogens is 1. The van der Waals surface area contributed by atoms with E-state index in [-0.39, 0.29) is 24.1 Å². The lowest BCUT2D eigenvalue weighted by molar-refractivity contribution is -0.134. The average Bonchev–Trinajstić information content (AvgIpc) is 3.39. The molecule has 9 heteroatoms. The van der Waals surface area contributed by atoms with Gasteiger partial charge in [-0.05, 0) is 36.6 Å². The highest BCUT2D eigenvalue weighted by Crippen LogP contribution is 2.38. The summed E-state index contributed by atoms with van der Waals surface area (Å²) in [6.45, 7) is 4.58. The Labute approximate surface area is 196 Å². The van der Waals surface area contributed by atoms with Crippen LogP contribution in [-0.2, 0) is 28.9 Å². The standard InChI is InChI=1S/C24H25ClN4O4/c1-15-21-19(33-23(15)24(31)26-12-20(30)28-8-10-32-11-9-28)7-4-17-14-29(27-22(17)21)13-16-2-5-18(25)6-3-16/h2-3,5-6,14H,4,7-13H2,1H3,(H,26,31). The fourth-order valence-corrected chi connectivity index (χ4v) is 4.52. The van der Waals surface area contributed by atoms with Crippen LogP contribution in [-0.4, -0.2) is 59.3 Å². The highest BCUT2D eigenvalue weighted by molar-refractivity contribution is 6.30. The van der Waals surface area contributed by atoms with Gasteiger partial charge < -0.3 is 19.4 Å². The van der Waals surface area contributed by atoms with Gasteiger partial charge in [0.25, 0.3) is 5.91 Å². The summed E-state index contributed by atoms with van der Waals surface area (Å²) in [4.78, 5) is 26.9. The lowest BCUT2D eigenvalue weighted by Gasteiger charge is -2.26. The van der Waals surface area contributed by atoms with Crippen molar-refractivity contribution in [2.24, 2.45) is 0 Å². The molecule has 2 aromatic heterocycles. The van der Waals surface area contributed by atoms with Crippen LogP contribution in [0.25, 0.3) is 11.3 Å². The lowest BCUT2D eigenvalue weighted by atomic mass is 9.93. The van der Waals surface area contributed by atoms with E-state index in [2.05, 4.69) is 11.5 Å². The van der Waals surface area contributed by atoms with Crippen LogP contribution >= 0.6 is 11.6 Å². The summed E-state index contributed by atoms with van der Waals surface area (Å²) in [5.41, 5.74) is 4.73. The van der Waals surface area contributed by atoms with Crippen LogP contribution in [0, 0.1) is 6.92 Å². The second kappa shape index (κ2) is 9.03. The molecule has 1 aliphatic carbocycles. The Balaban J connectivity index is 1.32. The molecule has 172 valence electrons. The van der Waals surface area contributed by atoms with Gasteiger partial charge >= 0.3 is 0 Å². The van der Waals surface area contributed by atoms with Crippen molar-refractivity contribution in [2.45, 2.75) is 26.3 Å². The molecule has 1 aliphatic heterocycles. The number of hydrogen-bond donors (Lipinski definition) is 1. The summed E-state index contributed by atoms with van der Waals surface area (Å²) in [5, 5.41) is 8.21. The molecule has 1 saturated heterocycles. The number of carbonyl (C=O) groups is 2. The van der Waals surface area contributed by atoms with Crippen molar-refractivity contribution in [1.82, 2.24) is 20.0 Å². The van der Waals surface area contributed by atoms with Crippen molar-refractivity contribution < 1.29 is 18.7 Å². The number of morpholine rings is 1. The number of hydrogen-bond acceptors (Lipinski definition) is 5. The summed E-state index contributed by atoms with van der Waals surface area (Å²) >= 11 is 5.99. The maximum absolute atomic E-state index is 12.8. The topological polar surface area (TPSA) is 89.6 Å². The van der Waals surface area contributed by atoms with Crippen molar-refractivity contribution in [1.29, 1.82) is 0 Å². The smallest absolute Gasteiger partial charge is 0.287 e. The summed E-state index contributed by atoms with van der Waals surface area (Å²) in [5.74, 6) is 0.505. The van der Waals surface area contributed by atoms with E-state index in [0.29, 0.717) is 44.3 Å². The maximum Gasteiger partial charge on any atom is 0.287 e. The molecule has 3 aromatic rings. The molecular formula is C24H25ClN4O4. The maximum atomic E-state index is 12.8. The van der Waals surface area contributed by atoms with E-state index < -0.39 is 0 Å². The van der Waals surface area contributed by atoms with E-state index in [4.69, 9.17) is 25.9 Å². The van der Waals surface area contributed by atoms with Gasteiger partial charge in [0.05, 0.1) is 32.0 Å². The highest BCUT2D eigenvalue weighted by atomic mass is 35.5. The molecule has 3 heterocycles. The van der Waals surface area contributed by atoms with Crippen LogP contribution in [0.1, 0.15) is 33.0 Å². The highest BCUT2D eigenvalue weighted by Gasteiger charge is 2.30. The number of fused-ring (bicyclic) bond motifs is 3. The molecule has 0 spiro atoms. The molecule has 0 saturated carbocycles. The SMILES string of the molecule is Cc1c(C(=O)NCC(=O)N2CCOCC2)oc2c1-c1nn(Cc3ccc(Cl)cc3)cc1CC2. The first-order chi connectivity index (χ1) is 16.0. The molecule has 1 fully saturated rings. The Kier molecular flexibility index (Phi) is 5.95. The molecule has 5 rings (SSSR count). The number of ether oxygens (including phenoxy) is 1. The first-order valence-electron chi connectivity index (χ1n) is 11.1. The normalized spacial score (nSPS) is 15.2. The van der Waals surface area contributed by atoms with Crippen molar-refractivity contribution >= 4 is 23.4 Å². The number of carbonyl (C=O) groups excluding carboxylic acids is 2. The zero-order valence-electron chi connectivity index (χ0n) is 18.4. The Morgan fingerprint density at radius 2 is 1.91 bits per heavy atom. The molecule has 0 bridgehead atoms. The quantitative estimate of drug-likeness (QED) is 0.622. The molecular weight excluding hydrogens is 444 g/mol. The van der Waals surface area contributed by atoms with E-state index in [1.807, 2.05) is 35.9 Å². The predicted molar refractivity (Wildman–Crippen MR) is 122 cm³/mol. The van der Waals surface area contributed by atoms with Crippen LogP contribution in [0.5, 0.6) is 0 Å². The van der Waals surface area contributed by atoms with Gasteiger partial charge in [-0.1, -0.05) is 23.7 Å². The number of aryl methyl sites for hydroxylation is 2. The fraction of sp³-hybridized carbons (Fsp3) is 0.375. The Hall–Kier alpha value is -3.10. The molecule has 0 atom stereocenters. The zero-order valence-corrected chi connectivity index (χ0v) is 19.2. The van der Waals surface area contributed by atoms with Gasteiger partial charge in [-0.25, -0.2) is 0 Å². The first-order valence-corrected chi connectivity index (χ1v) is 11.4. The van der Waals surface area contributed by atoms with Crippen LogP contribution < -0.4 is 5.32 Å². The van der Waals surface area contributed by atoms with Gasteiger partial charge in [0.15, 0.2) is 5.76 Å². The molecule has 2 amide bonds. The van der Waals surface area contributed by atoms with Gasteiger partial charge in [-0.3, -0.25) is 14.3 Å². The summed E-state index contributed by atoms with van der Waals surface area (Å²) in [6.07, 6.45) is 3.56. The molecule has 1 N–H and O–H groups in total. The minimum atomic E-state index is -0.384. The lowest BCUT2D eigenvalue weighted by Crippen LogP contribution is -2.45. The molecule has 2 aliphatic rings. The molecule has 1 aromatic carbocycles. The van der Waals surface area contributed by atoms with E-state index in [1.165, 1.54) is 0 Å². The van der Waals surface area contributed by atoms with E-state index in [1.54, 1.807) is 4.90 Å². The minimum absolute atomic E-state index is 0.0649. The van der Waals surface area contributed by atoms with Gasteiger partial charge in [-0.15, -0.1) is 0 Å². The number of benzene rings is 1. The van der Waals surface area contributed by atoms with Crippen molar-refractivity contribution in [3.05, 3.63) is 63.7 Å². The van der Waals surface area contributed by atoms with Crippen LogP contribution in [0.2, 0.25) is 5.02 Å². The third-order valence-corrected chi connectivity index (χ3v) is 6.40. The first kappa shape index (κ1) is 21.7. The average molecular weight is 469 g/mol. The number of nitrogens with zero attached hydrogens (tertiary/aromatic N) is 3. The van der Waals surface area contributed by atoms with Gasteiger partial charge in [0.2, 0.25) is 5.91 Å². The fourth-order valence-electron chi connectivity index (χ4n) is 4.40. The number of amides is 2. The third-order valence-electron chi connectivity index (χ3n) is 6.14. The second-order valence-electron chi connectivity index (χ2n) is 8.36. The molecule has 33 heavy (non-hydrogen) atoms. The monoisotopic (exact) mass is 468 g/mol. The Bertz CT molecular complexity index is 1190. The second-order valence-corrected chi connectivity index (χ2v) is 8.79. The molecule has 8 nitrogen and oxygen atoms in total. The molecule has 0 unspecified atom stereocenters. The Morgan fingerprint density at radius 3 is 2.67 bits per heavy atom. The van der Waals surface area contributed by atoms with Gasteiger partial charge in [0, 0.05) is 41.9 Å². The van der Waals surface area contributed by atoms with Gasteiger partial charge in [-0.2, -0.15) is 5.10 Å². The Morgan fingerprint density at radius 1 is 1.15 bits per heavy atom. The number of aromatic nitrogens is 2. The molecule has 0 radical (unpaired) electrons. The van der Waals surface area contributed by atoms with Crippen LogP contribution in [0.15, 0.2) is 34.9 Å². The number of furan rings is 1. The predicted octanol–water partition coefficient (Wildman–Crippen LogP) is 2.84. The van der Waals surface area contributed by atoms with Gasteiger partial charge in [0.1, 0.15) is 5.76 Å². The van der Waals surface area contributed by atoms with Crippen LogP contribution in [0.4, 0.5) is 0 Å². The summed E-state index contributed by atoms with van der Waals surface area (Å²) in [7, 11) is 0. The summed E-state index contributed by atoms with van der Waals surface area (Å²) in [6, 6.07) is 7.71. The number of nitrogens with one attached hydrogen (secondary N) is 1. The largest absolute Gasteiger partial charge is 0.455 e. The van der Waals surface area contributed by atoms with E-state index in [9.17, 15) is 9.59 Å². The number of rotatable bonds is 5. The summed E-state index contributed by atoms with van der Waals surface area (Å²) < 4.78 is 13.1. The third kappa shape index (κ3) is 4.41.